The lowest BCUT2D eigenvalue weighted by molar-refractivity contribution is 0.0203. The Kier molecular flexibility index (Phi) is 5.88. The van der Waals surface area contributed by atoms with E-state index in [4.69, 9.17) is 0 Å². The van der Waals surface area contributed by atoms with Gasteiger partial charge in [-0.1, -0.05) is 20.3 Å². The minimum Gasteiger partial charge on any atom is -0.319 e. The van der Waals surface area contributed by atoms with E-state index in [9.17, 15) is 0 Å². The van der Waals surface area contributed by atoms with Crippen LogP contribution in [0.2, 0.25) is 0 Å². The van der Waals surface area contributed by atoms with Gasteiger partial charge in [-0.3, -0.25) is 0 Å². The number of nitrogens with zero attached hydrogens (tertiary/aromatic N) is 2. The zero-order valence-electron chi connectivity index (χ0n) is 14.1. The predicted octanol–water partition coefficient (Wildman–Crippen LogP) is 2.43. The van der Waals surface area contributed by atoms with E-state index in [-0.39, 0.29) is 0 Å². The molecule has 0 bridgehead atoms. The molecule has 0 spiro atoms. The molecule has 3 unspecified atom stereocenters. The zero-order chi connectivity index (χ0) is 14.6. The van der Waals surface area contributed by atoms with Crippen molar-refractivity contribution in [2.45, 2.75) is 52.0 Å². The van der Waals surface area contributed by atoms with Crippen molar-refractivity contribution < 1.29 is 0 Å². The first-order valence-electron chi connectivity index (χ1n) is 8.65. The normalized spacial score (nSPS) is 31.8. The molecule has 2 saturated heterocycles. The maximum absolute atomic E-state index is 3.41. The molecule has 3 atom stereocenters. The fourth-order valence-corrected chi connectivity index (χ4v) is 4.66. The smallest absolute Gasteiger partial charge is 0.0145 e. The maximum Gasteiger partial charge on any atom is 0.0145 e. The molecular formula is C17H35N3. The Morgan fingerprint density at radius 2 is 2.05 bits per heavy atom. The molecule has 2 fully saturated rings. The van der Waals surface area contributed by atoms with Crippen LogP contribution in [0.3, 0.4) is 0 Å². The molecule has 2 aliphatic heterocycles. The van der Waals surface area contributed by atoms with Crippen LogP contribution in [-0.2, 0) is 0 Å². The van der Waals surface area contributed by atoms with E-state index in [0.717, 1.165) is 18.5 Å². The Morgan fingerprint density at radius 3 is 2.75 bits per heavy atom. The number of rotatable bonds is 6. The van der Waals surface area contributed by atoms with Crippen molar-refractivity contribution in [3.63, 3.8) is 0 Å². The highest BCUT2D eigenvalue weighted by atomic mass is 15.2. The maximum atomic E-state index is 3.41. The quantitative estimate of drug-likeness (QED) is 0.807. The summed E-state index contributed by atoms with van der Waals surface area (Å²) < 4.78 is 0. The van der Waals surface area contributed by atoms with E-state index in [1.807, 2.05) is 0 Å². The highest BCUT2D eigenvalue weighted by Gasteiger charge is 2.36. The third-order valence-corrected chi connectivity index (χ3v) is 5.49. The van der Waals surface area contributed by atoms with Gasteiger partial charge in [-0.2, -0.15) is 0 Å². The predicted molar refractivity (Wildman–Crippen MR) is 87.1 cm³/mol. The van der Waals surface area contributed by atoms with Crippen LogP contribution in [0.1, 0.15) is 46.0 Å². The molecule has 0 aromatic rings. The van der Waals surface area contributed by atoms with Gasteiger partial charge in [-0.25, -0.2) is 0 Å². The molecule has 0 aromatic heterocycles. The van der Waals surface area contributed by atoms with E-state index >= 15 is 0 Å². The lowest BCUT2D eigenvalue weighted by Crippen LogP contribution is -2.54. The number of hydrogen-bond acceptors (Lipinski definition) is 3. The molecule has 2 aliphatic rings. The standard InChI is InChI=1S/C17H35N3/c1-5-9-17(2,13-18-3)14-20-11-8-16-15(12-20)7-6-10-19(16)4/h15-16,18H,5-14H2,1-4H3. The van der Waals surface area contributed by atoms with E-state index in [1.165, 1.54) is 58.3 Å². The van der Waals surface area contributed by atoms with Crippen molar-refractivity contribution >= 4 is 0 Å². The topological polar surface area (TPSA) is 18.5 Å². The number of hydrogen-bond donors (Lipinski definition) is 1. The average Bonchev–Trinajstić information content (AvgIpc) is 2.39. The van der Waals surface area contributed by atoms with Gasteiger partial charge in [0.15, 0.2) is 0 Å². The lowest BCUT2D eigenvalue weighted by Gasteiger charge is -2.48. The summed E-state index contributed by atoms with van der Waals surface area (Å²) in [7, 11) is 4.42. The van der Waals surface area contributed by atoms with E-state index in [1.54, 1.807) is 0 Å². The summed E-state index contributed by atoms with van der Waals surface area (Å²) in [6.07, 6.45) is 6.85. The van der Waals surface area contributed by atoms with Crippen molar-refractivity contribution in [3.05, 3.63) is 0 Å². The van der Waals surface area contributed by atoms with Gasteiger partial charge < -0.3 is 15.1 Å². The molecule has 0 aromatic carbocycles. The lowest BCUT2D eigenvalue weighted by atomic mass is 9.81. The van der Waals surface area contributed by atoms with E-state index in [0.29, 0.717) is 5.41 Å². The van der Waals surface area contributed by atoms with Crippen LogP contribution >= 0.6 is 0 Å². The van der Waals surface area contributed by atoms with Crippen molar-refractivity contribution in [1.82, 2.24) is 15.1 Å². The Hall–Kier alpha value is -0.120. The number of nitrogens with one attached hydrogen (secondary N) is 1. The van der Waals surface area contributed by atoms with Crippen LogP contribution in [0.5, 0.6) is 0 Å². The van der Waals surface area contributed by atoms with Crippen molar-refractivity contribution in [1.29, 1.82) is 0 Å². The fourth-order valence-electron chi connectivity index (χ4n) is 4.66. The van der Waals surface area contributed by atoms with Crippen LogP contribution in [0, 0.1) is 11.3 Å². The summed E-state index contributed by atoms with van der Waals surface area (Å²) in [6, 6.07) is 0.863. The van der Waals surface area contributed by atoms with E-state index in [2.05, 4.69) is 43.1 Å². The van der Waals surface area contributed by atoms with Gasteiger partial charge in [0.05, 0.1) is 0 Å². The molecule has 0 aliphatic carbocycles. The highest BCUT2D eigenvalue weighted by Crippen LogP contribution is 2.32. The average molecular weight is 281 g/mol. The van der Waals surface area contributed by atoms with Crippen LogP contribution in [-0.4, -0.2) is 62.7 Å². The van der Waals surface area contributed by atoms with Gasteiger partial charge in [-0.05, 0) is 64.2 Å². The molecule has 118 valence electrons. The fraction of sp³-hybridized carbons (Fsp3) is 1.00. The summed E-state index contributed by atoms with van der Waals surface area (Å²) in [5.74, 6) is 0.919. The van der Waals surface area contributed by atoms with Crippen LogP contribution in [0.25, 0.3) is 0 Å². The van der Waals surface area contributed by atoms with Crippen LogP contribution in [0.4, 0.5) is 0 Å². The van der Waals surface area contributed by atoms with E-state index < -0.39 is 0 Å². The molecule has 1 N–H and O–H groups in total. The third kappa shape index (κ3) is 3.96. The first kappa shape index (κ1) is 16.3. The van der Waals surface area contributed by atoms with Gasteiger partial charge >= 0.3 is 0 Å². The Labute approximate surface area is 126 Å². The monoisotopic (exact) mass is 281 g/mol. The minimum absolute atomic E-state index is 0.441. The molecule has 0 radical (unpaired) electrons. The summed E-state index contributed by atoms with van der Waals surface area (Å²) in [5.41, 5.74) is 0.441. The summed E-state index contributed by atoms with van der Waals surface area (Å²) in [6.45, 7) is 11.1. The second-order valence-electron chi connectivity index (χ2n) is 7.57. The van der Waals surface area contributed by atoms with Gasteiger partial charge in [0.2, 0.25) is 0 Å². The second kappa shape index (κ2) is 7.24. The molecule has 0 saturated carbocycles. The Balaban J connectivity index is 1.90. The minimum atomic E-state index is 0.441. The second-order valence-corrected chi connectivity index (χ2v) is 7.57. The molecule has 3 heteroatoms. The molecule has 2 heterocycles. The summed E-state index contributed by atoms with van der Waals surface area (Å²) >= 11 is 0. The SMILES string of the molecule is CCCC(C)(CNC)CN1CCC2C(CCCN2C)C1. The number of fused-ring (bicyclic) bond motifs is 1. The number of likely N-dealkylation sites (tertiary alicyclic amines) is 2. The summed E-state index contributed by atoms with van der Waals surface area (Å²) in [5, 5.41) is 3.41. The molecule has 3 nitrogen and oxygen atoms in total. The molecule has 0 amide bonds. The van der Waals surface area contributed by atoms with Crippen LogP contribution < -0.4 is 5.32 Å². The Bertz CT molecular complexity index is 286. The number of piperidine rings is 2. The molecular weight excluding hydrogens is 246 g/mol. The van der Waals surface area contributed by atoms with Crippen molar-refractivity contribution in [2.24, 2.45) is 11.3 Å². The highest BCUT2D eigenvalue weighted by molar-refractivity contribution is 4.91. The Morgan fingerprint density at radius 1 is 1.25 bits per heavy atom. The first-order chi connectivity index (χ1) is 9.58. The van der Waals surface area contributed by atoms with Gasteiger partial charge in [0, 0.05) is 25.7 Å². The molecule has 2 rings (SSSR count). The summed E-state index contributed by atoms with van der Waals surface area (Å²) in [4.78, 5) is 5.37. The van der Waals surface area contributed by atoms with Gasteiger partial charge in [0.1, 0.15) is 0 Å². The van der Waals surface area contributed by atoms with Crippen molar-refractivity contribution in [2.75, 3.05) is 46.8 Å². The third-order valence-electron chi connectivity index (χ3n) is 5.49. The van der Waals surface area contributed by atoms with Gasteiger partial charge in [0.25, 0.3) is 0 Å². The molecule has 20 heavy (non-hydrogen) atoms. The first-order valence-corrected chi connectivity index (χ1v) is 8.65. The zero-order valence-corrected chi connectivity index (χ0v) is 14.1. The van der Waals surface area contributed by atoms with Crippen LogP contribution in [0.15, 0.2) is 0 Å². The van der Waals surface area contributed by atoms with Crippen molar-refractivity contribution in [3.8, 4) is 0 Å². The largest absolute Gasteiger partial charge is 0.319 e. The van der Waals surface area contributed by atoms with Gasteiger partial charge in [-0.15, -0.1) is 0 Å².